The second kappa shape index (κ2) is 8.93. The van der Waals surface area contributed by atoms with Crippen molar-refractivity contribution >= 4 is 34.8 Å². The largest absolute Gasteiger partial charge is 0.463 e. The van der Waals surface area contributed by atoms with Crippen LogP contribution < -0.4 is 20.5 Å². The first-order valence-electron chi connectivity index (χ1n) is 10.5. The molecular formula is C26H23N3O3S. The number of carbonyl (C=O) groups excluding carboxylic acids is 1. The maximum Gasteiger partial charge on any atom is 0.338 e. The molecule has 0 bridgehead atoms. The summed E-state index contributed by atoms with van der Waals surface area (Å²) < 4.78 is 7.46. The van der Waals surface area contributed by atoms with Gasteiger partial charge in [0.2, 0.25) is 0 Å². The van der Waals surface area contributed by atoms with Crippen molar-refractivity contribution in [1.29, 1.82) is 5.26 Å². The van der Waals surface area contributed by atoms with Crippen molar-refractivity contribution in [3.63, 3.8) is 0 Å². The number of esters is 1. The maximum absolute atomic E-state index is 13.4. The van der Waals surface area contributed by atoms with Gasteiger partial charge in [0, 0.05) is 0 Å². The summed E-state index contributed by atoms with van der Waals surface area (Å²) in [7, 11) is 0. The zero-order chi connectivity index (χ0) is 23.7. The third kappa shape index (κ3) is 3.79. The van der Waals surface area contributed by atoms with E-state index in [0.29, 0.717) is 9.20 Å². The highest BCUT2D eigenvalue weighted by molar-refractivity contribution is 7.07. The molecule has 0 amide bonds. The number of nitrogens with two attached hydrogens (primary N) is 1. The van der Waals surface area contributed by atoms with Crippen LogP contribution in [0.3, 0.4) is 0 Å². The molecule has 0 aliphatic carbocycles. The van der Waals surface area contributed by atoms with Crippen molar-refractivity contribution in [2.24, 2.45) is 5.73 Å². The van der Waals surface area contributed by atoms with Crippen LogP contribution in [0.5, 0.6) is 0 Å². The molecule has 0 saturated heterocycles. The number of allylic oxidation sites excluding steroid dienone is 1. The zero-order valence-corrected chi connectivity index (χ0v) is 19.4. The molecule has 6 nitrogen and oxygen atoms in total. The van der Waals surface area contributed by atoms with Crippen LogP contribution in [0.2, 0.25) is 0 Å². The SMILES string of the molecule is CCOC(=O)C1=c2s/c(=C\c3ccccc3C)c(=O)n2C(N)=C(C#N)[C@H]1c1ccccc1C. The maximum atomic E-state index is 13.4. The number of nitrogens with zero attached hydrogens (tertiary/aromatic N) is 2. The van der Waals surface area contributed by atoms with Gasteiger partial charge in [-0.15, -0.1) is 11.3 Å². The molecule has 0 spiro atoms. The summed E-state index contributed by atoms with van der Waals surface area (Å²) in [4.78, 5) is 26.6. The number of benzene rings is 2. The Hall–Kier alpha value is -3.89. The van der Waals surface area contributed by atoms with E-state index in [9.17, 15) is 14.9 Å². The Kier molecular flexibility index (Phi) is 6.03. The van der Waals surface area contributed by atoms with Crippen molar-refractivity contribution in [3.05, 3.63) is 95.9 Å². The highest BCUT2D eigenvalue weighted by Gasteiger charge is 2.36. The quantitative estimate of drug-likeness (QED) is 0.607. The molecule has 166 valence electrons. The van der Waals surface area contributed by atoms with E-state index in [0.717, 1.165) is 22.3 Å². The smallest absolute Gasteiger partial charge is 0.338 e. The van der Waals surface area contributed by atoms with Gasteiger partial charge in [-0.1, -0.05) is 48.5 Å². The van der Waals surface area contributed by atoms with E-state index in [1.165, 1.54) is 15.9 Å². The highest BCUT2D eigenvalue weighted by atomic mass is 32.1. The van der Waals surface area contributed by atoms with Crippen LogP contribution in [0.15, 0.2) is 58.9 Å². The van der Waals surface area contributed by atoms with E-state index in [1.54, 1.807) is 13.0 Å². The normalized spacial score (nSPS) is 15.9. The van der Waals surface area contributed by atoms with Gasteiger partial charge in [0.05, 0.1) is 34.3 Å². The summed E-state index contributed by atoms with van der Waals surface area (Å²) in [5.74, 6) is -1.25. The van der Waals surface area contributed by atoms with E-state index >= 15 is 0 Å². The zero-order valence-electron chi connectivity index (χ0n) is 18.6. The fraction of sp³-hybridized carbons (Fsp3) is 0.192. The number of aryl methyl sites for hydroxylation is 2. The number of ether oxygens (including phenoxy) is 1. The standard InChI is InChI=1S/C26H23N3O3S/c1-4-32-26(31)22-21(18-12-8-6-10-16(18)3)19(14-27)23(28)29-24(30)20(33-25(22)29)13-17-11-7-5-9-15(17)2/h5-13,21H,4,28H2,1-3H3/b20-13-/t21-/m1/s1. The van der Waals surface area contributed by atoms with Crippen molar-refractivity contribution < 1.29 is 9.53 Å². The molecule has 3 aromatic rings. The van der Waals surface area contributed by atoms with Crippen LogP contribution in [0.4, 0.5) is 0 Å². The molecule has 2 N–H and O–H groups in total. The lowest BCUT2D eigenvalue weighted by molar-refractivity contribution is -0.136. The molecule has 1 aromatic heterocycles. The van der Waals surface area contributed by atoms with Gasteiger partial charge in [0.25, 0.3) is 5.56 Å². The second-order valence-corrected chi connectivity index (χ2v) is 8.78. The number of hydrogen-bond donors (Lipinski definition) is 1. The minimum Gasteiger partial charge on any atom is -0.463 e. The van der Waals surface area contributed by atoms with Gasteiger partial charge in [0.1, 0.15) is 10.5 Å². The minimum absolute atomic E-state index is 0.0412. The highest BCUT2D eigenvalue weighted by Crippen LogP contribution is 2.37. The molecule has 1 aliphatic rings. The summed E-state index contributed by atoms with van der Waals surface area (Å²) in [5.41, 5.74) is 10.0. The van der Waals surface area contributed by atoms with Crippen molar-refractivity contribution in [3.8, 4) is 6.07 Å². The van der Waals surface area contributed by atoms with Crippen molar-refractivity contribution in [2.45, 2.75) is 26.7 Å². The molecule has 0 saturated carbocycles. The molecule has 7 heteroatoms. The summed E-state index contributed by atoms with van der Waals surface area (Å²) in [6.45, 7) is 5.76. The average Bonchev–Trinajstić information content (AvgIpc) is 3.11. The van der Waals surface area contributed by atoms with E-state index in [2.05, 4.69) is 6.07 Å². The second-order valence-electron chi connectivity index (χ2n) is 7.75. The van der Waals surface area contributed by atoms with Crippen LogP contribution in [-0.4, -0.2) is 17.1 Å². The summed E-state index contributed by atoms with van der Waals surface area (Å²) in [6.07, 6.45) is 1.79. The molecule has 1 atom stereocenters. The number of hydrogen-bond acceptors (Lipinski definition) is 6. The third-order valence-corrected chi connectivity index (χ3v) is 6.85. The topological polar surface area (TPSA) is 98.1 Å². The first-order valence-corrected chi connectivity index (χ1v) is 11.4. The number of nitriles is 1. The molecule has 0 fully saturated rings. The van der Waals surface area contributed by atoms with Crippen LogP contribution in [0, 0.1) is 25.2 Å². The lowest BCUT2D eigenvalue weighted by Crippen LogP contribution is -2.40. The predicted molar refractivity (Wildman–Crippen MR) is 130 cm³/mol. The van der Waals surface area contributed by atoms with Crippen LogP contribution in [0.25, 0.3) is 17.5 Å². The van der Waals surface area contributed by atoms with Gasteiger partial charge >= 0.3 is 5.97 Å². The Labute approximate surface area is 195 Å². The Bertz CT molecular complexity index is 1520. The average molecular weight is 458 g/mol. The Morgan fingerprint density at radius 3 is 2.48 bits per heavy atom. The number of carbonyl (C=O) groups is 1. The Balaban J connectivity index is 2.14. The van der Waals surface area contributed by atoms with E-state index in [1.807, 2.05) is 62.4 Å². The molecular weight excluding hydrogens is 434 g/mol. The minimum atomic E-state index is -0.723. The molecule has 4 rings (SSSR count). The van der Waals surface area contributed by atoms with Crippen LogP contribution >= 0.6 is 11.3 Å². The Morgan fingerprint density at radius 1 is 1.18 bits per heavy atom. The van der Waals surface area contributed by atoms with Gasteiger partial charge in [0.15, 0.2) is 0 Å². The van der Waals surface area contributed by atoms with Crippen molar-refractivity contribution in [2.75, 3.05) is 6.61 Å². The van der Waals surface area contributed by atoms with E-state index in [4.69, 9.17) is 10.5 Å². The van der Waals surface area contributed by atoms with E-state index in [-0.39, 0.29) is 29.1 Å². The van der Waals surface area contributed by atoms with Gasteiger partial charge in [-0.25, -0.2) is 4.79 Å². The van der Waals surface area contributed by atoms with Gasteiger partial charge in [-0.2, -0.15) is 5.26 Å². The first-order chi connectivity index (χ1) is 15.9. The number of rotatable bonds is 4. The van der Waals surface area contributed by atoms with E-state index < -0.39 is 11.9 Å². The lowest BCUT2D eigenvalue weighted by Gasteiger charge is -2.25. The number of aromatic nitrogens is 1. The van der Waals surface area contributed by atoms with Crippen molar-refractivity contribution in [1.82, 2.24) is 4.57 Å². The lowest BCUT2D eigenvalue weighted by atomic mass is 9.82. The molecule has 0 unspecified atom stereocenters. The summed E-state index contributed by atoms with van der Waals surface area (Å²) in [6, 6.07) is 17.4. The first kappa shape index (κ1) is 22.3. The van der Waals surface area contributed by atoms with Gasteiger partial charge in [-0.05, 0) is 49.1 Å². The molecule has 2 heterocycles. The third-order valence-electron chi connectivity index (χ3n) is 5.74. The monoisotopic (exact) mass is 457 g/mol. The Morgan fingerprint density at radius 2 is 1.85 bits per heavy atom. The number of thiazole rings is 1. The van der Waals surface area contributed by atoms with Crippen LogP contribution in [-0.2, 0) is 9.53 Å². The van der Waals surface area contributed by atoms with Gasteiger partial charge in [-0.3, -0.25) is 9.36 Å². The molecule has 33 heavy (non-hydrogen) atoms. The van der Waals surface area contributed by atoms with Crippen LogP contribution in [0.1, 0.15) is 35.1 Å². The summed E-state index contributed by atoms with van der Waals surface area (Å²) >= 11 is 1.18. The number of fused-ring (bicyclic) bond motifs is 1. The van der Waals surface area contributed by atoms with Gasteiger partial charge < -0.3 is 10.5 Å². The fourth-order valence-electron chi connectivity index (χ4n) is 4.06. The predicted octanol–water partition coefficient (Wildman–Crippen LogP) is 2.52. The molecule has 1 aliphatic heterocycles. The fourth-order valence-corrected chi connectivity index (χ4v) is 5.22. The molecule has 2 aromatic carbocycles. The molecule has 0 radical (unpaired) electrons. The summed E-state index contributed by atoms with van der Waals surface area (Å²) in [5, 5.41) is 10.0.